The minimum absolute atomic E-state index is 0.0345. The maximum absolute atomic E-state index is 12.9. The van der Waals surface area contributed by atoms with Crippen molar-refractivity contribution in [1.29, 1.82) is 0 Å². The number of hydrogen-bond donors (Lipinski definition) is 2. The van der Waals surface area contributed by atoms with Crippen LogP contribution in [0.4, 0.5) is 10.5 Å². The SMILES string of the molecule is Cc1cccc(CC(=O)C(CC(C)(C)C)OC(N)=O)c1C(=O)Nc1ccccc1. The minimum Gasteiger partial charge on any atom is -0.438 e. The molecule has 2 aromatic carbocycles. The third kappa shape index (κ3) is 6.75. The number of carbonyl (C=O) groups excluding carboxylic acids is 3. The summed E-state index contributed by atoms with van der Waals surface area (Å²) in [5.74, 6) is -0.585. The van der Waals surface area contributed by atoms with Crippen molar-refractivity contribution in [3.8, 4) is 0 Å². The molecule has 3 N–H and O–H groups in total. The van der Waals surface area contributed by atoms with Gasteiger partial charge in [0.25, 0.3) is 5.91 Å². The number of para-hydroxylation sites is 1. The number of ketones is 1. The molecule has 2 rings (SSSR count). The lowest BCUT2D eigenvalue weighted by Gasteiger charge is -2.24. The Balaban J connectivity index is 2.27. The average molecular weight is 396 g/mol. The molecule has 0 aromatic heterocycles. The minimum atomic E-state index is -0.987. The molecule has 0 bridgehead atoms. The Bertz CT molecular complexity index is 885. The first-order valence-electron chi connectivity index (χ1n) is 9.50. The van der Waals surface area contributed by atoms with Crippen LogP contribution in [-0.4, -0.2) is 23.9 Å². The summed E-state index contributed by atoms with van der Waals surface area (Å²) in [5.41, 5.74) is 7.36. The summed E-state index contributed by atoms with van der Waals surface area (Å²) in [6.45, 7) is 7.66. The fourth-order valence-corrected chi connectivity index (χ4v) is 3.13. The summed E-state index contributed by atoms with van der Waals surface area (Å²) in [4.78, 5) is 37.1. The summed E-state index contributed by atoms with van der Waals surface area (Å²) >= 11 is 0. The Labute approximate surface area is 171 Å². The molecule has 0 spiro atoms. The molecule has 6 heteroatoms. The van der Waals surface area contributed by atoms with Crippen molar-refractivity contribution in [1.82, 2.24) is 0 Å². The highest BCUT2D eigenvalue weighted by Gasteiger charge is 2.29. The fraction of sp³-hybridized carbons (Fsp3) is 0.348. The predicted octanol–water partition coefficient (Wildman–Crippen LogP) is 4.26. The predicted molar refractivity (Wildman–Crippen MR) is 113 cm³/mol. The quantitative estimate of drug-likeness (QED) is 0.730. The van der Waals surface area contributed by atoms with E-state index in [0.29, 0.717) is 23.2 Å². The Kier molecular flexibility index (Phi) is 7.15. The first-order valence-corrected chi connectivity index (χ1v) is 9.50. The van der Waals surface area contributed by atoms with Gasteiger partial charge >= 0.3 is 6.09 Å². The van der Waals surface area contributed by atoms with Gasteiger partial charge in [-0.3, -0.25) is 9.59 Å². The van der Waals surface area contributed by atoms with Gasteiger partial charge in [0, 0.05) is 17.7 Å². The van der Waals surface area contributed by atoms with Crippen LogP contribution in [0, 0.1) is 12.3 Å². The van der Waals surface area contributed by atoms with E-state index in [1.165, 1.54) is 0 Å². The zero-order valence-electron chi connectivity index (χ0n) is 17.3. The molecule has 2 aromatic rings. The maximum Gasteiger partial charge on any atom is 0.405 e. The van der Waals surface area contributed by atoms with E-state index in [2.05, 4.69) is 5.32 Å². The average Bonchev–Trinajstić information content (AvgIpc) is 2.60. The van der Waals surface area contributed by atoms with Gasteiger partial charge in [-0.05, 0) is 42.0 Å². The molecule has 1 atom stereocenters. The number of Topliss-reactive ketones (excluding diaryl/α,β-unsaturated/α-hetero) is 1. The van der Waals surface area contributed by atoms with Gasteiger partial charge in [0.1, 0.15) is 0 Å². The third-order valence-corrected chi connectivity index (χ3v) is 4.40. The van der Waals surface area contributed by atoms with Crippen molar-refractivity contribution in [2.45, 2.75) is 46.6 Å². The molecular weight excluding hydrogens is 368 g/mol. The lowest BCUT2D eigenvalue weighted by molar-refractivity contribution is -0.128. The van der Waals surface area contributed by atoms with Crippen LogP contribution in [0.3, 0.4) is 0 Å². The van der Waals surface area contributed by atoms with Crippen LogP contribution in [-0.2, 0) is 16.0 Å². The summed E-state index contributed by atoms with van der Waals surface area (Å²) < 4.78 is 5.08. The second-order valence-corrected chi connectivity index (χ2v) is 8.26. The Morgan fingerprint density at radius 1 is 1.03 bits per heavy atom. The van der Waals surface area contributed by atoms with Gasteiger partial charge in [-0.15, -0.1) is 0 Å². The van der Waals surface area contributed by atoms with Gasteiger partial charge in [-0.25, -0.2) is 4.79 Å². The van der Waals surface area contributed by atoms with Crippen LogP contribution < -0.4 is 11.1 Å². The van der Waals surface area contributed by atoms with Crippen molar-refractivity contribution >= 4 is 23.5 Å². The van der Waals surface area contributed by atoms with Crippen molar-refractivity contribution in [3.05, 3.63) is 65.2 Å². The largest absolute Gasteiger partial charge is 0.438 e. The second kappa shape index (κ2) is 9.37. The van der Waals surface area contributed by atoms with E-state index in [-0.39, 0.29) is 23.5 Å². The molecule has 1 unspecified atom stereocenters. The van der Waals surface area contributed by atoms with Crippen molar-refractivity contribution < 1.29 is 19.1 Å². The first kappa shape index (κ1) is 22.1. The van der Waals surface area contributed by atoms with Crippen molar-refractivity contribution in [2.75, 3.05) is 5.32 Å². The van der Waals surface area contributed by atoms with Crippen LogP contribution in [0.1, 0.15) is 48.7 Å². The van der Waals surface area contributed by atoms with Crippen LogP contribution in [0.2, 0.25) is 0 Å². The number of primary amides is 1. The molecule has 2 amide bonds. The van der Waals surface area contributed by atoms with E-state index in [4.69, 9.17) is 10.5 Å². The van der Waals surface area contributed by atoms with E-state index in [1.54, 1.807) is 24.3 Å². The van der Waals surface area contributed by atoms with Gasteiger partial charge in [-0.2, -0.15) is 0 Å². The number of nitrogens with two attached hydrogens (primary N) is 1. The van der Waals surface area contributed by atoms with Crippen LogP contribution in [0.25, 0.3) is 0 Å². The summed E-state index contributed by atoms with van der Waals surface area (Å²) in [7, 11) is 0. The molecular formula is C23H28N2O4. The highest BCUT2D eigenvalue weighted by atomic mass is 16.6. The normalized spacial score (nSPS) is 12.1. The van der Waals surface area contributed by atoms with E-state index in [1.807, 2.05) is 52.0 Å². The monoisotopic (exact) mass is 396 g/mol. The summed E-state index contributed by atoms with van der Waals surface area (Å²) in [6, 6.07) is 14.5. The number of nitrogens with one attached hydrogen (secondary N) is 1. The third-order valence-electron chi connectivity index (χ3n) is 4.40. The number of benzene rings is 2. The van der Waals surface area contributed by atoms with E-state index in [9.17, 15) is 14.4 Å². The van der Waals surface area contributed by atoms with Gasteiger partial charge < -0.3 is 15.8 Å². The molecule has 0 radical (unpaired) electrons. The molecule has 0 heterocycles. The van der Waals surface area contributed by atoms with Crippen molar-refractivity contribution in [2.24, 2.45) is 11.1 Å². The Morgan fingerprint density at radius 3 is 2.28 bits per heavy atom. The Morgan fingerprint density at radius 2 is 1.69 bits per heavy atom. The standard InChI is InChI=1S/C23H28N2O4/c1-15-9-8-10-16(20(15)21(27)25-17-11-6-5-7-12-17)13-18(26)19(29-22(24)28)14-23(2,3)4/h5-12,19H,13-14H2,1-4H3,(H2,24,28)(H,25,27). The number of aryl methyl sites for hydroxylation is 1. The highest BCUT2D eigenvalue weighted by Crippen LogP contribution is 2.25. The number of ether oxygens (including phenoxy) is 1. The number of hydrogen-bond acceptors (Lipinski definition) is 4. The van der Waals surface area contributed by atoms with Gasteiger partial charge in [-0.1, -0.05) is 57.2 Å². The fourth-order valence-electron chi connectivity index (χ4n) is 3.13. The van der Waals surface area contributed by atoms with Gasteiger partial charge in [0.2, 0.25) is 0 Å². The smallest absolute Gasteiger partial charge is 0.405 e. The molecule has 0 aliphatic heterocycles. The van der Waals surface area contributed by atoms with E-state index < -0.39 is 12.2 Å². The molecule has 0 saturated heterocycles. The topological polar surface area (TPSA) is 98.5 Å². The molecule has 0 aliphatic carbocycles. The molecule has 29 heavy (non-hydrogen) atoms. The molecule has 6 nitrogen and oxygen atoms in total. The van der Waals surface area contributed by atoms with Gasteiger partial charge in [0.05, 0.1) is 0 Å². The summed E-state index contributed by atoms with van der Waals surface area (Å²) in [5, 5.41) is 2.86. The van der Waals surface area contributed by atoms with Crippen molar-refractivity contribution in [3.63, 3.8) is 0 Å². The van der Waals surface area contributed by atoms with Crippen LogP contribution in [0.5, 0.6) is 0 Å². The number of amides is 2. The van der Waals surface area contributed by atoms with Crippen LogP contribution >= 0.6 is 0 Å². The van der Waals surface area contributed by atoms with Gasteiger partial charge in [0.15, 0.2) is 11.9 Å². The number of carbonyl (C=O) groups is 3. The number of anilines is 1. The second-order valence-electron chi connectivity index (χ2n) is 8.26. The lowest BCUT2D eigenvalue weighted by atomic mass is 9.86. The Hall–Kier alpha value is -3.15. The molecule has 0 aliphatic rings. The number of rotatable bonds is 7. The zero-order valence-corrected chi connectivity index (χ0v) is 17.3. The highest BCUT2D eigenvalue weighted by molar-refractivity contribution is 6.07. The lowest BCUT2D eigenvalue weighted by Crippen LogP contribution is -2.34. The molecule has 154 valence electrons. The molecule has 0 fully saturated rings. The van der Waals surface area contributed by atoms with Crippen LogP contribution in [0.15, 0.2) is 48.5 Å². The summed E-state index contributed by atoms with van der Waals surface area (Å²) in [6.07, 6.45) is -1.64. The first-order chi connectivity index (χ1) is 13.6. The molecule has 0 saturated carbocycles. The van der Waals surface area contributed by atoms with E-state index >= 15 is 0 Å². The zero-order chi connectivity index (χ0) is 21.6. The van der Waals surface area contributed by atoms with E-state index in [0.717, 1.165) is 5.56 Å². The maximum atomic E-state index is 12.9.